The molecular formula is C12H12N2O2. The van der Waals surface area contributed by atoms with Gasteiger partial charge < -0.3 is 9.74 Å². The number of benzene rings is 1. The molecule has 3 rings (SSSR count). The largest absolute Gasteiger partial charge is 0.395 e. The zero-order valence-corrected chi connectivity index (χ0v) is 8.74. The number of amides is 1. The Bertz CT molecular complexity index is 430. The molecule has 2 aliphatic rings. The maximum atomic E-state index is 11.1. The van der Waals surface area contributed by atoms with Crippen molar-refractivity contribution in [3.63, 3.8) is 0 Å². The van der Waals surface area contributed by atoms with E-state index in [-0.39, 0.29) is 12.0 Å². The number of carbonyl (C=O) groups excluding carboxylic acids is 1. The number of hydrogen-bond donors (Lipinski definition) is 0. The fourth-order valence-corrected chi connectivity index (χ4v) is 2.41. The van der Waals surface area contributed by atoms with Crippen LogP contribution in [-0.4, -0.2) is 30.2 Å². The van der Waals surface area contributed by atoms with Crippen molar-refractivity contribution in [3.05, 3.63) is 35.9 Å². The molecule has 0 aliphatic carbocycles. The highest BCUT2D eigenvalue weighted by Crippen LogP contribution is 2.34. The molecule has 1 fully saturated rings. The molecule has 4 heteroatoms. The van der Waals surface area contributed by atoms with E-state index < -0.39 is 0 Å². The predicted octanol–water partition coefficient (Wildman–Crippen LogP) is 1.20. The topological polar surface area (TPSA) is 41.9 Å². The van der Waals surface area contributed by atoms with Crippen LogP contribution in [0.25, 0.3) is 0 Å². The minimum absolute atomic E-state index is 0.0359. The summed E-state index contributed by atoms with van der Waals surface area (Å²) in [5.41, 5.74) is 2.08. The summed E-state index contributed by atoms with van der Waals surface area (Å²) < 4.78 is 0. The van der Waals surface area contributed by atoms with Gasteiger partial charge in [-0.25, -0.2) is 0 Å². The fourth-order valence-electron chi connectivity index (χ4n) is 2.41. The molecule has 2 aliphatic heterocycles. The van der Waals surface area contributed by atoms with Crippen molar-refractivity contribution in [2.24, 2.45) is 11.1 Å². The highest BCUT2D eigenvalue weighted by Gasteiger charge is 2.42. The Labute approximate surface area is 93.5 Å². The molecule has 0 N–H and O–H groups in total. The number of likely N-dealkylation sites (tertiary alicyclic amines) is 1. The first-order chi connectivity index (χ1) is 7.90. The SMILES string of the molecule is O=CN1CC2CON=C2[C@@H]1c1ccccc1. The molecule has 0 bridgehead atoms. The van der Waals surface area contributed by atoms with E-state index in [9.17, 15) is 4.79 Å². The van der Waals surface area contributed by atoms with E-state index in [1.807, 2.05) is 30.3 Å². The van der Waals surface area contributed by atoms with Crippen molar-refractivity contribution >= 4 is 12.1 Å². The van der Waals surface area contributed by atoms with Gasteiger partial charge in [-0.2, -0.15) is 0 Å². The zero-order chi connectivity index (χ0) is 11.0. The Morgan fingerprint density at radius 3 is 2.94 bits per heavy atom. The molecule has 0 saturated carbocycles. The summed E-state index contributed by atoms with van der Waals surface area (Å²) in [4.78, 5) is 17.9. The summed E-state index contributed by atoms with van der Waals surface area (Å²) in [5.74, 6) is 0.274. The quantitative estimate of drug-likeness (QED) is 0.697. The molecule has 16 heavy (non-hydrogen) atoms. The summed E-state index contributed by atoms with van der Waals surface area (Å²) in [5, 5.41) is 4.07. The predicted molar refractivity (Wildman–Crippen MR) is 58.8 cm³/mol. The number of fused-ring (bicyclic) bond motifs is 1. The molecule has 1 saturated heterocycles. The highest BCUT2D eigenvalue weighted by molar-refractivity contribution is 5.96. The van der Waals surface area contributed by atoms with Gasteiger partial charge in [-0.15, -0.1) is 0 Å². The lowest BCUT2D eigenvalue weighted by Crippen LogP contribution is -2.24. The Morgan fingerprint density at radius 1 is 1.38 bits per heavy atom. The van der Waals surface area contributed by atoms with E-state index in [1.165, 1.54) is 0 Å². The van der Waals surface area contributed by atoms with Crippen molar-refractivity contribution < 1.29 is 9.63 Å². The van der Waals surface area contributed by atoms with Crippen LogP contribution in [0.4, 0.5) is 0 Å². The Kier molecular flexibility index (Phi) is 2.13. The first-order valence-corrected chi connectivity index (χ1v) is 5.36. The fraction of sp³-hybridized carbons (Fsp3) is 0.333. The first kappa shape index (κ1) is 9.39. The molecule has 1 aromatic rings. The molecule has 0 aromatic heterocycles. The average molecular weight is 216 g/mol. The van der Waals surface area contributed by atoms with E-state index in [2.05, 4.69) is 5.16 Å². The molecule has 2 heterocycles. The van der Waals surface area contributed by atoms with Crippen molar-refractivity contribution in [2.75, 3.05) is 13.2 Å². The molecule has 0 radical (unpaired) electrons. The normalized spacial score (nSPS) is 27.2. The van der Waals surface area contributed by atoms with Crippen LogP contribution < -0.4 is 0 Å². The van der Waals surface area contributed by atoms with Crippen LogP contribution in [0.15, 0.2) is 35.5 Å². The molecular weight excluding hydrogens is 204 g/mol. The van der Waals surface area contributed by atoms with Gasteiger partial charge in [0.25, 0.3) is 0 Å². The molecule has 1 aromatic carbocycles. The van der Waals surface area contributed by atoms with Crippen LogP contribution in [0.1, 0.15) is 11.6 Å². The van der Waals surface area contributed by atoms with Gasteiger partial charge in [0.1, 0.15) is 6.61 Å². The third-order valence-electron chi connectivity index (χ3n) is 3.16. The zero-order valence-electron chi connectivity index (χ0n) is 8.74. The number of oxime groups is 1. The van der Waals surface area contributed by atoms with Crippen molar-refractivity contribution in [1.82, 2.24) is 4.90 Å². The van der Waals surface area contributed by atoms with Gasteiger partial charge in [-0.1, -0.05) is 35.5 Å². The van der Waals surface area contributed by atoms with Crippen LogP contribution >= 0.6 is 0 Å². The van der Waals surface area contributed by atoms with E-state index in [0.29, 0.717) is 13.2 Å². The highest BCUT2D eigenvalue weighted by atomic mass is 16.6. The minimum atomic E-state index is -0.0359. The van der Waals surface area contributed by atoms with Crippen molar-refractivity contribution in [1.29, 1.82) is 0 Å². The second kappa shape index (κ2) is 3.63. The van der Waals surface area contributed by atoms with Crippen molar-refractivity contribution in [3.8, 4) is 0 Å². The second-order valence-corrected chi connectivity index (χ2v) is 4.12. The number of hydrogen-bond acceptors (Lipinski definition) is 3. The standard InChI is InChI=1S/C12H12N2O2/c15-8-14-6-10-7-16-13-11(10)12(14)9-4-2-1-3-5-9/h1-5,8,10,12H,6-7H2/t10?,12-/m0/s1. The monoisotopic (exact) mass is 216 g/mol. The summed E-state index contributed by atoms with van der Waals surface area (Å²) in [7, 11) is 0. The van der Waals surface area contributed by atoms with Crippen molar-refractivity contribution in [2.45, 2.75) is 6.04 Å². The first-order valence-electron chi connectivity index (χ1n) is 5.36. The number of nitrogens with zero attached hydrogens (tertiary/aromatic N) is 2. The van der Waals surface area contributed by atoms with Gasteiger partial charge in [0.15, 0.2) is 0 Å². The Hall–Kier alpha value is -1.84. The molecule has 82 valence electrons. The molecule has 2 atom stereocenters. The smallest absolute Gasteiger partial charge is 0.210 e. The summed E-state index contributed by atoms with van der Waals surface area (Å²) in [6, 6.07) is 9.92. The van der Waals surface area contributed by atoms with Gasteiger partial charge >= 0.3 is 0 Å². The minimum Gasteiger partial charge on any atom is -0.395 e. The van der Waals surface area contributed by atoms with E-state index in [1.54, 1.807) is 4.90 Å². The lowest BCUT2D eigenvalue weighted by molar-refractivity contribution is -0.118. The third-order valence-corrected chi connectivity index (χ3v) is 3.16. The Balaban J connectivity index is 2.00. The average Bonchev–Trinajstić information content (AvgIpc) is 2.89. The van der Waals surface area contributed by atoms with Crippen LogP contribution in [0, 0.1) is 5.92 Å². The number of carbonyl (C=O) groups is 1. The van der Waals surface area contributed by atoms with E-state index >= 15 is 0 Å². The van der Waals surface area contributed by atoms with Crippen LogP contribution in [-0.2, 0) is 9.63 Å². The molecule has 1 amide bonds. The lowest BCUT2D eigenvalue weighted by Gasteiger charge is -2.19. The molecule has 1 unspecified atom stereocenters. The lowest BCUT2D eigenvalue weighted by atomic mass is 9.98. The second-order valence-electron chi connectivity index (χ2n) is 4.12. The maximum absolute atomic E-state index is 11.1. The Morgan fingerprint density at radius 2 is 2.19 bits per heavy atom. The van der Waals surface area contributed by atoms with E-state index in [4.69, 9.17) is 4.84 Å². The van der Waals surface area contributed by atoms with Crippen LogP contribution in [0.5, 0.6) is 0 Å². The number of rotatable bonds is 2. The van der Waals surface area contributed by atoms with Crippen LogP contribution in [0.3, 0.4) is 0 Å². The van der Waals surface area contributed by atoms with Gasteiger partial charge in [0.05, 0.1) is 17.7 Å². The summed E-state index contributed by atoms with van der Waals surface area (Å²) >= 11 is 0. The van der Waals surface area contributed by atoms with E-state index in [0.717, 1.165) is 17.7 Å². The summed E-state index contributed by atoms with van der Waals surface area (Å²) in [6.07, 6.45) is 0.901. The van der Waals surface area contributed by atoms with Gasteiger partial charge in [0.2, 0.25) is 6.41 Å². The summed E-state index contributed by atoms with van der Waals surface area (Å²) in [6.45, 7) is 1.31. The molecule has 0 spiro atoms. The van der Waals surface area contributed by atoms with Gasteiger partial charge in [-0.3, -0.25) is 4.79 Å². The maximum Gasteiger partial charge on any atom is 0.210 e. The van der Waals surface area contributed by atoms with Gasteiger partial charge in [-0.05, 0) is 5.56 Å². The molecule has 4 nitrogen and oxygen atoms in total. The van der Waals surface area contributed by atoms with Crippen LogP contribution in [0.2, 0.25) is 0 Å². The third kappa shape index (κ3) is 1.30. The van der Waals surface area contributed by atoms with Gasteiger partial charge in [0, 0.05) is 6.54 Å².